The van der Waals surface area contributed by atoms with Gasteiger partial charge in [0, 0.05) is 6.04 Å². The highest BCUT2D eigenvalue weighted by Crippen LogP contribution is 2.17. The van der Waals surface area contributed by atoms with Gasteiger partial charge in [0.2, 0.25) is 0 Å². The highest BCUT2D eigenvalue weighted by atomic mass is 16.2. The van der Waals surface area contributed by atoms with Gasteiger partial charge in [-0.3, -0.25) is 9.59 Å². The molecule has 0 aromatic heterocycles. The number of hydrogen-bond acceptors (Lipinski definition) is 2. The minimum absolute atomic E-state index is 0.164. The average molecular weight is 260 g/mol. The van der Waals surface area contributed by atoms with Crippen molar-refractivity contribution in [1.29, 1.82) is 0 Å². The van der Waals surface area contributed by atoms with E-state index in [0.717, 1.165) is 31.2 Å². The van der Waals surface area contributed by atoms with Gasteiger partial charge in [-0.15, -0.1) is 0 Å². The number of carbonyl (C=O) groups excluding carboxylic acids is 2. The molecule has 0 heterocycles. The van der Waals surface area contributed by atoms with Crippen LogP contribution in [0, 0.1) is 0 Å². The smallest absolute Gasteiger partial charge is 0.309 e. The Morgan fingerprint density at radius 3 is 2.37 bits per heavy atom. The van der Waals surface area contributed by atoms with Gasteiger partial charge >= 0.3 is 11.8 Å². The zero-order valence-electron chi connectivity index (χ0n) is 11.2. The van der Waals surface area contributed by atoms with Crippen LogP contribution in [0.5, 0.6) is 0 Å². The minimum atomic E-state index is -0.553. The summed E-state index contributed by atoms with van der Waals surface area (Å²) in [5, 5.41) is 5.50. The van der Waals surface area contributed by atoms with E-state index in [9.17, 15) is 9.59 Å². The van der Waals surface area contributed by atoms with E-state index in [1.807, 2.05) is 37.3 Å². The lowest BCUT2D eigenvalue weighted by molar-refractivity contribution is -0.140. The molecule has 0 radical (unpaired) electrons. The van der Waals surface area contributed by atoms with Crippen LogP contribution in [0.1, 0.15) is 44.2 Å². The third-order valence-electron chi connectivity index (χ3n) is 3.54. The molecule has 0 unspecified atom stereocenters. The number of nitrogens with one attached hydrogen (secondary N) is 2. The van der Waals surface area contributed by atoms with Gasteiger partial charge < -0.3 is 10.6 Å². The first kappa shape index (κ1) is 13.6. The Morgan fingerprint density at radius 1 is 1.11 bits per heavy atom. The Bertz CT molecular complexity index is 439. The Balaban J connectivity index is 1.84. The van der Waals surface area contributed by atoms with E-state index in [1.165, 1.54) is 0 Å². The Hall–Kier alpha value is -1.84. The molecule has 2 amide bonds. The van der Waals surface area contributed by atoms with Crippen molar-refractivity contribution in [3.63, 3.8) is 0 Å². The second-order valence-corrected chi connectivity index (χ2v) is 5.06. The molecule has 0 aliphatic heterocycles. The number of amides is 2. The molecule has 4 nitrogen and oxygen atoms in total. The lowest BCUT2D eigenvalue weighted by atomic mass is 10.1. The molecule has 102 valence electrons. The third kappa shape index (κ3) is 3.81. The average Bonchev–Trinajstić information content (AvgIpc) is 2.92. The summed E-state index contributed by atoms with van der Waals surface area (Å²) in [6.07, 6.45) is 4.22. The maximum atomic E-state index is 11.8. The molecule has 1 aliphatic carbocycles. The highest BCUT2D eigenvalue weighted by Gasteiger charge is 2.22. The SMILES string of the molecule is C[C@H](NC(=O)C(=O)NC1CCCC1)c1ccccc1. The van der Waals surface area contributed by atoms with Crippen LogP contribution in [0.25, 0.3) is 0 Å². The number of hydrogen-bond donors (Lipinski definition) is 2. The second-order valence-electron chi connectivity index (χ2n) is 5.06. The maximum absolute atomic E-state index is 11.8. The summed E-state index contributed by atoms with van der Waals surface area (Å²) >= 11 is 0. The van der Waals surface area contributed by atoms with E-state index in [0.29, 0.717) is 0 Å². The summed E-state index contributed by atoms with van der Waals surface area (Å²) in [7, 11) is 0. The van der Waals surface area contributed by atoms with Gasteiger partial charge in [0.1, 0.15) is 0 Å². The number of benzene rings is 1. The maximum Gasteiger partial charge on any atom is 0.309 e. The molecule has 4 heteroatoms. The standard InChI is InChI=1S/C15H20N2O2/c1-11(12-7-3-2-4-8-12)16-14(18)15(19)17-13-9-5-6-10-13/h2-4,7-8,11,13H,5-6,9-10H2,1H3,(H,16,18)(H,17,19)/t11-/m0/s1. The van der Waals surface area contributed by atoms with Gasteiger partial charge in [0.05, 0.1) is 6.04 Å². The van der Waals surface area contributed by atoms with Crippen molar-refractivity contribution in [2.45, 2.75) is 44.7 Å². The number of rotatable bonds is 3. The van der Waals surface area contributed by atoms with Gasteiger partial charge in [0.15, 0.2) is 0 Å². The summed E-state index contributed by atoms with van der Waals surface area (Å²) < 4.78 is 0. The normalized spacial score (nSPS) is 16.9. The van der Waals surface area contributed by atoms with E-state index in [-0.39, 0.29) is 12.1 Å². The van der Waals surface area contributed by atoms with Crippen LogP contribution in [0.3, 0.4) is 0 Å². The largest absolute Gasteiger partial charge is 0.345 e. The molecular formula is C15H20N2O2. The van der Waals surface area contributed by atoms with Crippen LogP contribution in [0.15, 0.2) is 30.3 Å². The van der Waals surface area contributed by atoms with Gasteiger partial charge in [0.25, 0.3) is 0 Å². The first-order valence-corrected chi connectivity index (χ1v) is 6.83. The third-order valence-corrected chi connectivity index (χ3v) is 3.54. The molecule has 2 N–H and O–H groups in total. The van der Waals surface area contributed by atoms with Crippen LogP contribution >= 0.6 is 0 Å². The Labute approximate surface area is 113 Å². The van der Waals surface area contributed by atoms with Crippen molar-refractivity contribution < 1.29 is 9.59 Å². The predicted octanol–water partition coefficient (Wildman–Crippen LogP) is 1.92. The van der Waals surface area contributed by atoms with Crippen molar-refractivity contribution in [2.75, 3.05) is 0 Å². The molecule has 1 fully saturated rings. The lowest BCUT2D eigenvalue weighted by Gasteiger charge is -2.16. The minimum Gasteiger partial charge on any atom is -0.345 e. The van der Waals surface area contributed by atoms with Gasteiger partial charge in [-0.2, -0.15) is 0 Å². The van der Waals surface area contributed by atoms with E-state index in [2.05, 4.69) is 10.6 Å². The van der Waals surface area contributed by atoms with E-state index >= 15 is 0 Å². The summed E-state index contributed by atoms with van der Waals surface area (Å²) in [6, 6.07) is 9.62. The first-order valence-electron chi connectivity index (χ1n) is 6.83. The van der Waals surface area contributed by atoms with E-state index in [4.69, 9.17) is 0 Å². The van der Waals surface area contributed by atoms with Crippen molar-refractivity contribution in [3.8, 4) is 0 Å². The van der Waals surface area contributed by atoms with Crippen LogP contribution in [-0.4, -0.2) is 17.9 Å². The second kappa shape index (κ2) is 6.36. The summed E-state index contributed by atoms with van der Waals surface area (Å²) in [5.41, 5.74) is 0.990. The van der Waals surface area contributed by atoms with Crippen molar-refractivity contribution >= 4 is 11.8 Å². The molecule has 1 aliphatic rings. The summed E-state index contributed by atoms with van der Waals surface area (Å²) in [5.74, 6) is -1.07. The Morgan fingerprint density at radius 2 is 1.74 bits per heavy atom. The van der Waals surface area contributed by atoms with E-state index in [1.54, 1.807) is 0 Å². The van der Waals surface area contributed by atoms with Gasteiger partial charge in [-0.1, -0.05) is 43.2 Å². The molecule has 1 aromatic carbocycles. The van der Waals surface area contributed by atoms with Crippen molar-refractivity contribution in [2.24, 2.45) is 0 Å². The summed E-state index contributed by atoms with van der Waals surface area (Å²) in [4.78, 5) is 23.5. The fraction of sp³-hybridized carbons (Fsp3) is 0.467. The molecule has 0 spiro atoms. The molecule has 1 atom stereocenters. The monoisotopic (exact) mass is 260 g/mol. The zero-order valence-corrected chi connectivity index (χ0v) is 11.2. The molecule has 1 aromatic rings. The van der Waals surface area contributed by atoms with E-state index < -0.39 is 11.8 Å². The molecule has 2 rings (SSSR count). The fourth-order valence-corrected chi connectivity index (χ4v) is 2.41. The van der Waals surface area contributed by atoms with Crippen LogP contribution in [-0.2, 0) is 9.59 Å². The van der Waals surface area contributed by atoms with Crippen molar-refractivity contribution in [3.05, 3.63) is 35.9 Å². The zero-order chi connectivity index (χ0) is 13.7. The van der Waals surface area contributed by atoms with Crippen LogP contribution in [0.2, 0.25) is 0 Å². The molecule has 19 heavy (non-hydrogen) atoms. The topological polar surface area (TPSA) is 58.2 Å². The molecule has 0 bridgehead atoms. The van der Waals surface area contributed by atoms with Crippen molar-refractivity contribution in [1.82, 2.24) is 10.6 Å². The Kier molecular flexibility index (Phi) is 4.55. The summed E-state index contributed by atoms with van der Waals surface area (Å²) in [6.45, 7) is 1.87. The first-order chi connectivity index (χ1) is 9.16. The van der Waals surface area contributed by atoms with Gasteiger partial charge in [-0.25, -0.2) is 0 Å². The van der Waals surface area contributed by atoms with Crippen LogP contribution in [0.4, 0.5) is 0 Å². The highest BCUT2D eigenvalue weighted by molar-refractivity contribution is 6.35. The van der Waals surface area contributed by atoms with Crippen LogP contribution < -0.4 is 10.6 Å². The molecule has 0 saturated heterocycles. The number of carbonyl (C=O) groups is 2. The molecule has 1 saturated carbocycles. The lowest BCUT2D eigenvalue weighted by Crippen LogP contribution is -2.44. The molecular weight excluding hydrogens is 240 g/mol. The fourth-order valence-electron chi connectivity index (χ4n) is 2.41. The van der Waals surface area contributed by atoms with Gasteiger partial charge in [-0.05, 0) is 25.3 Å². The quantitative estimate of drug-likeness (QED) is 0.816. The predicted molar refractivity (Wildman–Crippen MR) is 73.4 cm³/mol.